The average Bonchev–Trinajstić information content (AvgIpc) is 3.21. The van der Waals surface area contributed by atoms with Crippen molar-refractivity contribution < 1.29 is 28.8 Å². The van der Waals surface area contributed by atoms with Crippen molar-refractivity contribution >= 4 is 5.97 Å². The molecule has 2 aliphatic heterocycles. The number of rotatable bonds is 6. The van der Waals surface area contributed by atoms with Gasteiger partial charge < -0.3 is 14.2 Å². The van der Waals surface area contributed by atoms with Gasteiger partial charge in [-0.1, -0.05) is 6.42 Å². The molecule has 2 saturated heterocycles. The molecule has 0 amide bonds. The van der Waals surface area contributed by atoms with Crippen molar-refractivity contribution in [3.8, 4) is 0 Å². The van der Waals surface area contributed by atoms with Gasteiger partial charge in [-0.25, -0.2) is 9.78 Å². The zero-order chi connectivity index (χ0) is 15.2. The molecule has 22 heavy (non-hydrogen) atoms. The Bertz CT molecular complexity index is 349. The van der Waals surface area contributed by atoms with Crippen molar-refractivity contribution in [2.45, 2.75) is 63.9 Å². The molecule has 0 aromatic rings. The molecule has 0 aromatic heterocycles. The molecular weight excluding hydrogens is 288 g/mol. The van der Waals surface area contributed by atoms with Crippen LogP contribution in [0.1, 0.15) is 51.4 Å². The summed E-state index contributed by atoms with van der Waals surface area (Å²) in [6.07, 6.45) is 6.96. The van der Waals surface area contributed by atoms with E-state index < -0.39 is 0 Å². The fraction of sp³-hybridized carbons (Fsp3) is 0.938. The average molecular weight is 314 g/mol. The second-order valence-electron chi connectivity index (χ2n) is 6.43. The highest BCUT2D eigenvalue weighted by atomic mass is 17.2. The quantitative estimate of drug-likeness (QED) is 0.426. The molecule has 0 N–H and O–H groups in total. The van der Waals surface area contributed by atoms with E-state index in [-0.39, 0.29) is 24.5 Å². The summed E-state index contributed by atoms with van der Waals surface area (Å²) in [5, 5.41) is 0. The third-order valence-electron chi connectivity index (χ3n) is 4.62. The van der Waals surface area contributed by atoms with Crippen molar-refractivity contribution in [3.05, 3.63) is 0 Å². The summed E-state index contributed by atoms with van der Waals surface area (Å²) in [5.41, 5.74) is 0. The molecule has 4 atom stereocenters. The smallest absolute Gasteiger partial charge is 0.311 e. The van der Waals surface area contributed by atoms with Crippen LogP contribution in [0.25, 0.3) is 0 Å². The van der Waals surface area contributed by atoms with Gasteiger partial charge in [-0.2, -0.15) is 0 Å². The van der Waals surface area contributed by atoms with Gasteiger partial charge in [-0.3, -0.25) is 4.79 Å². The molecule has 6 nitrogen and oxygen atoms in total. The van der Waals surface area contributed by atoms with Crippen LogP contribution in [0.4, 0.5) is 0 Å². The highest BCUT2D eigenvalue weighted by molar-refractivity contribution is 5.72. The van der Waals surface area contributed by atoms with Crippen LogP contribution in [0.3, 0.4) is 0 Å². The molecule has 6 heteroatoms. The minimum absolute atomic E-state index is 0.0331. The Kier molecular flexibility index (Phi) is 6.06. The highest BCUT2D eigenvalue weighted by Crippen LogP contribution is 2.31. The van der Waals surface area contributed by atoms with Gasteiger partial charge >= 0.3 is 5.97 Å². The number of hydrogen-bond donors (Lipinski definition) is 0. The lowest BCUT2D eigenvalue weighted by Gasteiger charge is -2.28. The number of carbonyl (C=O) groups is 1. The fourth-order valence-electron chi connectivity index (χ4n) is 3.36. The van der Waals surface area contributed by atoms with E-state index in [4.69, 9.17) is 24.0 Å². The first-order valence-corrected chi connectivity index (χ1v) is 8.53. The SMILES string of the molecule is O=C(OC1CCCO1)C1CCCC(COOC2CCCO2)C1. The maximum Gasteiger partial charge on any atom is 0.311 e. The normalized spacial score (nSPS) is 35.6. The third kappa shape index (κ3) is 4.65. The monoisotopic (exact) mass is 314 g/mol. The first-order chi connectivity index (χ1) is 10.8. The van der Waals surface area contributed by atoms with Crippen molar-refractivity contribution in [2.24, 2.45) is 11.8 Å². The first kappa shape index (κ1) is 16.2. The van der Waals surface area contributed by atoms with E-state index in [0.717, 1.165) is 58.0 Å². The summed E-state index contributed by atoms with van der Waals surface area (Å²) in [6.45, 7) is 1.96. The summed E-state index contributed by atoms with van der Waals surface area (Å²) in [5.74, 6) is 0.197. The zero-order valence-corrected chi connectivity index (χ0v) is 13.0. The lowest BCUT2D eigenvalue weighted by molar-refractivity contribution is -0.374. The molecule has 3 aliphatic rings. The van der Waals surface area contributed by atoms with Crippen LogP contribution in [0.2, 0.25) is 0 Å². The van der Waals surface area contributed by atoms with E-state index in [1.54, 1.807) is 0 Å². The Labute approximate surface area is 131 Å². The van der Waals surface area contributed by atoms with E-state index >= 15 is 0 Å². The Balaban J connectivity index is 1.35. The molecule has 4 unspecified atom stereocenters. The van der Waals surface area contributed by atoms with E-state index in [1.807, 2.05) is 0 Å². The number of carbonyl (C=O) groups excluding carboxylic acids is 1. The second-order valence-corrected chi connectivity index (χ2v) is 6.43. The topological polar surface area (TPSA) is 63.2 Å². The Morgan fingerprint density at radius 2 is 1.73 bits per heavy atom. The van der Waals surface area contributed by atoms with Crippen LogP contribution in [0.5, 0.6) is 0 Å². The van der Waals surface area contributed by atoms with Crippen LogP contribution < -0.4 is 0 Å². The van der Waals surface area contributed by atoms with Crippen LogP contribution >= 0.6 is 0 Å². The highest BCUT2D eigenvalue weighted by Gasteiger charge is 2.31. The van der Waals surface area contributed by atoms with Gasteiger partial charge in [-0.15, -0.1) is 0 Å². The third-order valence-corrected chi connectivity index (χ3v) is 4.62. The molecule has 1 saturated carbocycles. The predicted molar refractivity (Wildman–Crippen MR) is 76.5 cm³/mol. The largest absolute Gasteiger partial charge is 0.436 e. The van der Waals surface area contributed by atoms with E-state index in [0.29, 0.717) is 19.1 Å². The van der Waals surface area contributed by atoms with Gasteiger partial charge in [0.2, 0.25) is 6.29 Å². The minimum atomic E-state index is -0.327. The van der Waals surface area contributed by atoms with Gasteiger partial charge in [0.15, 0.2) is 6.29 Å². The van der Waals surface area contributed by atoms with Gasteiger partial charge in [0.1, 0.15) is 0 Å². The van der Waals surface area contributed by atoms with Gasteiger partial charge in [-0.05, 0) is 38.0 Å². The fourth-order valence-corrected chi connectivity index (χ4v) is 3.36. The van der Waals surface area contributed by atoms with Gasteiger partial charge in [0.05, 0.1) is 25.7 Å². The predicted octanol–water partition coefficient (Wildman–Crippen LogP) is 2.56. The number of esters is 1. The molecule has 0 aromatic carbocycles. The Morgan fingerprint density at radius 3 is 2.45 bits per heavy atom. The molecule has 0 radical (unpaired) electrons. The van der Waals surface area contributed by atoms with Crippen molar-refractivity contribution in [2.75, 3.05) is 19.8 Å². The minimum Gasteiger partial charge on any atom is -0.436 e. The molecule has 3 fully saturated rings. The number of hydrogen-bond acceptors (Lipinski definition) is 6. The Morgan fingerprint density at radius 1 is 0.955 bits per heavy atom. The maximum absolute atomic E-state index is 12.2. The van der Waals surface area contributed by atoms with Crippen LogP contribution in [0, 0.1) is 11.8 Å². The van der Waals surface area contributed by atoms with Crippen molar-refractivity contribution in [1.82, 2.24) is 0 Å². The van der Waals surface area contributed by atoms with Crippen molar-refractivity contribution in [3.63, 3.8) is 0 Å². The molecule has 2 heterocycles. The first-order valence-electron chi connectivity index (χ1n) is 8.53. The molecule has 126 valence electrons. The lowest BCUT2D eigenvalue weighted by Crippen LogP contribution is -2.29. The molecule has 1 aliphatic carbocycles. The van der Waals surface area contributed by atoms with Crippen molar-refractivity contribution in [1.29, 1.82) is 0 Å². The van der Waals surface area contributed by atoms with E-state index in [2.05, 4.69) is 0 Å². The second kappa shape index (κ2) is 8.24. The summed E-state index contributed by atoms with van der Waals surface area (Å²) in [7, 11) is 0. The molecular formula is C16H26O6. The molecule has 0 bridgehead atoms. The lowest BCUT2D eigenvalue weighted by atomic mass is 9.82. The molecule has 3 rings (SSSR count). The van der Waals surface area contributed by atoms with Gasteiger partial charge in [0.25, 0.3) is 0 Å². The maximum atomic E-state index is 12.2. The standard InChI is InChI=1S/C16H26O6/c17-16(21-14-6-2-8-18-14)13-5-1-4-12(10-13)11-20-22-15-7-3-9-19-15/h12-15H,1-11H2. The number of ether oxygens (including phenoxy) is 3. The summed E-state index contributed by atoms with van der Waals surface area (Å²) in [4.78, 5) is 22.8. The van der Waals surface area contributed by atoms with E-state index in [1.165, 1.54) is 0 Å². The summed E-state index contributed by atoms with van der Waals surface area (Å²) < 4.78 is 16.1. The van der Waals surface area contributed by atoms with E-state index in [9.17, 15) is 4.79 Å². The van der Waals surface area contributed by atoms with Crippen LogP contribution in [-0.2, 0) is 28.8 Å². The van der Waals surface area contributed by atoms with Crippen LogP contribution in [0.15, 0.2) is 0 Å². The zero-order valence-electron chi connectivity index (χ0n) is 13.0. The Hall–Kier alpha value is -0.690. The molecule has 0 spiro atoms. The summed E-state index contributed by atoms with van der Waals surface area (Å²) in [6, 6.07) is 0. The van der Waals surface area contributed by atoms with Crippen LogP contribution in [-0.4, -0.2) is 38.4 Å². The van der Waals surface area contributed by atoms with Gasteiger partial charge in [0, 0.05) is 12.8 Å². The summed E-state index contributed by atoms with van der Waals surface area (Å²) >= 11 is 0.